The highest BCUT2D eigenvalue weighted by molar-refractivity contribution is 7.87. The van der Waals surface area contributed by atoms with Gasteiger partial charge in [-0.2, -0.15) is 42.1 Å². The second-order valence-corrected chi connectivity index (χ2v) is 23.4. The first-order chi connectivity index (χ1) is 36.1. The van der Waals surface area contributed by atoms with Gasteiger partial charge in [0.1, 0.15) is 31.9 Å². The van der Waals surface area contributed by atoms with E-state index in [1.165, 1.54) is 55.6 Å². The summed E-state index contributed by atoms with van der Waals surface area (Å²) in [6.45, 7) is 0. The monoisotopic (exact) mass is 1140 g/mol. The molecule has 0 saturated heterocycles. The van der Waals surface area contributed by atoms with Crippen LogP contribution < -0.4 is 10.1 Å². The number of anilines is 2. The Morgan fingerprint density at radius 2 is 0.818 bits per heavy atom. The van der Waals surface area contributed by atoms with Crippen molar-refractivity contribution >= 4 is 139 Å². The predicted octanol–water partition coefficient (Wildman–Crippen LogP) is 10.9. The number of aromatic hydroxyl groups is 2. The van der Waals surface area contributed by atoms with Gasteiger partial charge in [-0.25, -0.2) is 0 Å². The molecule has 0 atom stereocenters. The molecule has 0 bridgehead atoms. The highest BCUT2D eigenvalue weighted by Crippen LogP contribution is 2.46. The van der Waals surface area contributed by atoms with Crippen molar-refractivity contribution in [2.75, 3.05) is 12.4 Å². The Bertz CT molecular complexity index is 4690. The quantitative estimate of drug-likeness (QED) is 0.0370. The summed E-state index contributed by atoms with van der Waals surface area (Å²) in [6.07, 6.45) is 0. The zero-order valence-corrected chi connectivity index (χ0v) is 42.6. The molecule has 77 heavy (non-hydrogen) atoms. The van der Waals surface area contributed by atoms with Crippen LogP contribution in [-0.2, 0) is 50.6 Å². The molecule has 0 fully saturated rings. The van der Waals surface area contributed by atoms with Crippen LogP contribution in [0.5, 0.6) is 17.2 Å². The standard InChI is InChI=1S/C47H33N7O18S5/c1-72-27-5-2-25(3-6-27)48-26-4-9-30-24(20-26)21-43(77(69,70)71)46(47(30)56)54-52-38-15-13-35(32-11-8-29(23-34(32)38)74(60,61)62)49-51-37-14-12-36(31-10-7-28(22-33(31)37)73(57,58)59)50-53-39-16-18-42(76(66,67)68)45-40(55)17-19-41(44(39)45)75(63,64)65/h2-23,48,55-56H,1H3,(H,57,58,59)(H,60,61,62)(H,63,64,65)(H,66,67,68)(H,69,70,71). The maximum atomic E-state index is 12.8. The lowest BCUT2D eigenvalue weighted by atomic mass is 10.1. The molecule has 0 aliphatic rings. The molecule has 30 heteroatoms. The van der Waals surface area contributed by atoms with Crippen LogP contribution in [0.2, 0.25) is 0 Å². The van der Waals surface area contributed by atoms with Gasteiger partial charge in [-0.3, -0.25) is 22.8 Å². The normalized spacial score (nSPS) is 13.0. The maximum absolute atomic E-state index is 12.8. The molecule has 0 amide bonds. The van der Waals surface area contributed by atoms with Crippen LogP contribution >= 0.6 is 0 Å². The molecule has 25 nitrogen and oxygen atoms in total. The minimum absolute atomic E-state index is 0.0342. The molecule has 0 spiro atoms. The summed E-state index contributed by atoms with van der Waals surface area (Å²) in [4.78, 5) is -3.99. The molecular weight excluding hydrogens is 1110 g/mol. The van der Waals surface area contributed by atoms with E-state index in [0.717, 1.165) is 54.6 Å². The maximum Gasteiger partial charge on any atom is 0.296 e. The van der Waals surface area contributed by atoms with Crippen molar-refractivity contribution in [1.29, 1.82) is 0 Å². The van der Waals surface area contributed by atoms with Gasteiger partial charge >= 0.3 is 0 Å². The van der Waals surface area contributed by atoms with E-state index in [1.54, 1.807) is 30.3 Å². The molecule has 0 aliphatic heterocycles. The zero-order valence-electron chi connectivity index (χ0n) is 38.5. The number of benzene rings is 9. The van der Waals surface area contributed by atoms with Crippen molar-refractivity contribution in [3.63, 3.8) is 0 Å². The smallest absolute Gasteiger partial charge is 0.296 e. The van der Waals surface area contributed by atoms with E-state index in [0.29, 0.717) is 17.1 Å². The van der Waals surface area contributed by atoms with Crippen LogP contribution in [0.4, 0.5) is 45.5 Å². The summed E-state index contributed by atoms with van der Waals surface area (Å²) >= 11 is 0. The Morgan fingerprint density at radius 3 is 1.31 bits per heavy atom. The molecule has 9 rings (SSSR count). The number of phenolic OH excluding ortho intramolecular Hbond substituents is 2. The first kappa shape index (κ1) is 53.4. The number of phenols is 2. The molecule has 9 aromatic rings. The van der Waals surface area contributed by atoms with Crippen molar-refractivity contribution in [2.45, 2.75) is 24.5 Å². The lowest BCUT2D eigenvalue weighted by molar-refractivity contribution is 0.415. The van der Waals surface area contributed by atoms with E-state index >= 15 is 0 Å². The van der Waals surface area contributed by atoms with E-state index in [-0.39, 0.29) is 55.1 Å². The highest BCUT2D eigenvalue weighted by Gasteiger charge is 2.27. The summed E-state index contributed by atoms with van der Waals surface area (Å²) in [5.41, 5.74) is -0.477. The molecule has 8 N–H and O–H groups in total. The molecule has 0 aromatic heterocycles. The molecule has 394 valence electrons. The number of methoxy groups -OCH3 is 1. The lowest BCUT2D eigenvalue weighted by Crippen LogP contribution is -2.03. The molecular formula is C47H33N7O18S5. The number of ether oxygens (including phenoxy) is 1. The van der Waals surface area contributed by atoms with Gasteiger partial charge in [0, 0.05) is 49.1 Å². The van der Waals surface area contributed by atoms with E-state index < -0.39 is 109 Å². The van der Waals surface area contributed by atoms with E-state index in [4.69, 9.17) is 4.74 Å². The fraction of sp³-hybridized carbons (Fsp3) is 0.0213. The molecule has 0 aliphatic carbocycles. The van der Waals surface area contributed by atoms with Crippen LogP contribution in [0.15, 0.2) is 189 Å². The van der Waals surface area contributed by atoms with Gasteiger partial charge in [-0.05, 0) is 127 Å². The predicted molar refractivity (Wildman–Crippen MR) is 277 cm³/mol. The highest BCUT2D eigenvalue weighted by atomic mass is 32.2. The Hall–Kier alpha value is -8.43. The van der Waals surface area contributed by atoms with Crippen molar-refractivity contribution in [1.82, 2.24) is 0 Å². The van der Waals surface area contributed by atoms with Crippen LogP contribution in [0.1, 0.15) is 0 Å². The summed E-state index contributed by atoms with van der Waals surface area (Å²) in [7, 11) is -23.6. The second kappa shape index (κ2) is 19.6. The summed E-state index contributed by atoms with van der Waals surface area (Å²) in [6, 6.07) is 27.1. The minimum Gasteiger partial charge on any atom is -0.507 e. The van der Waals surface area contributed by atoms with Gasteiger partial charge in [-0.15, -0.1) is 30.7 Å². The van der Waals surface area contributed by atoms with Crippen LogP contribution in [-0.4, -0.2) is 82.2 Å². The number of nitrogens with zero attached hydrogens (tertiary/aromatic N) is 6. The third kappa shape index (κ3) is 10.9. The van der Waals surface area contributed by atoms with Crippen molar-refractivity contribution in [3.05, 3.63) is 133 Å². The van der Waals surface area contributed by atoms with Crippen LogP contribution in [0.3, 0.4) is 0 Å². The summed E-state index contributed by atoms with van der Waals surface area (Å²) in [5, 5.41) is 48.9. The molecule has 0 radical (unpaired) electrons. The van der Waals surface area contributed by atoms with Gasteiger partial charge in [-0.1, -0.05) is 12.1 Å². The fourth-order valence-electron chi connectivity index (χ4n) is 8.06. The molecule has 0 unspecified atom stereocenters. The van der Waals surface area contributed by atoms with Crippen LogP contribution in [0.25, 0.3) is 43.1 Å². The number of nitrogens with one attached hydrogen (secondary N) is 1. The molecule has 0 heterocycles. The van der Waals surface area contributed by atoms with Gasteiger partial charge in [0.15, 0.2) is 5.75 Å². The third-order valence-electron chi connectivity index (χ3n) is 11.6. The number of fused-ring (bicyclic) bond motifs is 4. The lowest BCUT2D eigenvalue weighted by Gasteiger charge is -2.12. The largest absolute Gasteiger partial charge is 0.507 e. The fourth-order valence-corrected chi connectivity index (χ4v) is 11.1. The van der Waals surface area contributed by atoms with E-state index in [9.17, 15) is 75.1 Å². The number of hydrogen-bond donors (Lipinski definition) is 8. The Morgan fingerprint density at radius 1 is 0.390 bits per heavy atom. The second-order valence-electron chi connectivity index (χ2n) is 16.4. The third-order valence-corrected chi connectivity index (χ3v) is 15.9. The molecule has 9 aromatic carbocycles. The SMILES string of the molecule is COc1ccc(Nc2ccc3c(O)c(N=Nc4ccc(N=Nc5ccc(N=Nc6ccc(S(=O)(=O)O)c7c(O)ccc(S(=O)(=O)O)c67)c6ccc(S(=O)(=O)O)cc56)c5ccc(S(=O)(=O)O)cc45)c(S(=O)(=O)O)cc3c2)cc1. The minimum atomic E-state index is -5.15. The Balaban J connectivity index is 1.13. The molecule has 0 saturated carbocycles. The van der Waals surface area contributed by atoms with Gasteiger partial charge in [0.2, 0.25) is 0 Å². The Kier molecular flexibility index (Phi) is 13.6. The average molecular weight is 1140 g/mol. The van der Waals surface area contributed by atoms with Crippen molar-refractivity contribution < 1.29 is 79.8 Å². The van der Waals surface area contributed by atoms with Gasteiger partial charge in [0.25, 0.3) is 50.6 Å². The van der Waals surface area contributed by atoms with Crippen LogP contribution in [0, 0.1) is 0 Å². The van der Waals surface area contributed by atoms with Crippen molar-refractivity contribution in [2.24, 2.45) is 30.7 Å². The first-order valence-electron chi connectivity index (χ1n) is 21.4. The Labute approximate surface area is 434 Å². The van der Waals surface area contributed by atoms with Gasteiger partial charge < -0.3 is 20.3 Å². The number of hydrogen-bond acceptors (Lipinski definition) is 20. The topological polar surface area (TPSA) is 408 Å². The summed E-state index contributed by atoms with van der Waals surface area (Å²) in [5.74, 6) is -0.939. The van der Waals surface area contributed by atoms with E-state index in [1.807, 2.05) is 0 Å². The number of rotatable bonds is 14. The average Bonchev–Trinajstić information content (AvgIpc) is 3.39. The first-order valence-corrected chi connectivity index (χ1v) is 28.6. The van der Waals surface area contributed by atoms with E-state index in [2.05, 4.69) is 36.0 Å². The number of azo groups is 3. The zero-order chi connectivity index (χ0) is 55.6. The van der Waals surface area contributed by atoms with Gasteiger partial charge in [0.05, 0.1) is 45.3 Å². The summed E-state index contributed by atoms with van der Waals surface area (Å²) < 4.78 is 180. The van der Waals surface area contributed by atoms with Crippen molar-refractivity contribution in [3.8, 4) is 17.2 Å².